The first-order chi connectivity index (χ1) is 10.2. The third-order valence-corrected chi connectivity index (χ3v) is 4.33. The molecule has 0 aliphatic heterocycles. The normalized spacial score (nSPS) is 15.2. The third kappa shape index (κ3) is 3.33. The molecule has 1 aliphatic carbocycles. The van der Waals surface area contributed by atoms with Crippen molar-refractivity contribution in [2.45, 2.75) is 51.6 Å². The van der Waals surface area contributed by atoms with Gasteiger partial charge in [-0.15, -0.1) is 0 Å². The maximum absolute atomic E-state index is 4.44. The van der Waals surface area contributed by atoms with Gasteiger partial charge in [-0.3, -0.25) is 4.98 Å². The molecule has 1 N–H and O–H groups in total. The second kappa shape index (κ2) is 6.40. The zero-order chi connectivity index (χ0) is 14.7. The minimum absolute atomic E-state index is 0.496. The van der Waals surface area contributed by atoms with E-state index in [1.54, 1.807) is 0 Å². The molecule has 0 saturated heterocycles. The summed E-state index contributed by atoms with van der Waals surface area (Å²) in [6.07, 6.45) is 7.99. The van der Waals surface area contributed by atoms with E-state index in [1.807, 2.05) is 12.4 Å². The van der Waals surface area contributed by atoms with Gasteiger partial charge in [0.2, 0.25) is 0 Å². The van der Waals surface area contributed by atoms with Crippen molar-refractivity contribution in [1.82, 2.24) is 10.3 Å². The fourth-order valence-electron chi connectivity index (χ4n) is 2.89. The van der Waals surface area contributed by atoms with Crippen molar-refractivity contribution in [3.05, 3.63) is 53.9 Å². The Morgan fingerprint density at radius 3 is 2.71 bits per heavy atom. The van der Waals surface area contributed by atoms with E-state index in [9.17, 15) is 0 Å². The van der Waals surface area contributed by atoms with Crippen molar-refractivity contribution in [2.75, 3.05) is 0 Å². The fourth-order valence-corrected chi connectivity index (χ4v) is 2.89. The molecule has 0 unspecified atom stereocenters. The molecular weight excluding hydrogens is 256 g/mol. The number of pyridine rings is 1. The summed E-state index contributed by atoms with van der Waals surface area (Å²) in [7, 11) is 0. The molecule has 1 aliphatic rings. The quantitative estimate of drug-likeness (QED) is 0.871. The van der Waals surface area contributed by atoms with E-state index in [0.29, 0.717) is 6.04 Å². The highest BCUT2D eigenvalue weighted by Gasteiger charge is 2.22. The van der Waals surface area contributed by atoms with Crippen LogP contribution < -0.4 is 5.32 Å². The summed E-state index contributed by atoms with van der Waals surface area (Å²) in [5, 5.41) is 3.46. The molecule has 1 heterocycles. The monoisotopic (exact) mass is 280 g/mol. The Bertz CT molecular complexity index is 600. The van der Waals surface area contributed by atoms with E-state index < -0.39 is 0 Å². The van der Waals surface area contributed by atoms with Gasteiger partial charge in [0, 0.05) is 30.5 Å². The van der Waals surface area contributed by atoms with E-state index in [-0.39, 0.29) is 0 Å². The van der Waals surface area contributed by atoms with Gasteiger partial charge in [-0.05, 0) is 41.5 Å². The molecule has 1 aromatic heterocycles. The van der Waals surface area contributed by atoms with Crippen LogP contribution in [-0.2, 0) is 6.54 Å². The summed E-state index contributed by atoms with van der Waals surface area (Å²) in [6, 6.07) is 11.6. The van der Waals surface area contributed by atoms with Crippen LogP contribution in [0.25, 0.3) is 11.1 Å². The molecule has 3 rings (SSSR count). The van der Waals surface area contributed by atoms with Crippen LogP contribution in [0.1, 0.15) is 50.2 Å². The Hall–Kier alpha value is -1.67. The summed E-state index contributed by atoms with van der Waals surface area (Å²) >= 11 is 0. The molecule has 1 aromatic carbocycles. The molecule has 2 aromatic rings. The lowest BCUT2D eigenvalue weighted by Gasteiger charge is -2.28. The van der Waals surface area contributed by atoms with Crippen LogP contribution >= 0.6 is 0 Å². The average molecular weight is 280 g/mol. The standard InChI is InChI=1S/C19H24N2/c1-14(2)21-12-15-10-17(13-20-11-15)19-9-4-3-8-18(19)16-6-5-7-16/h3-4,8-11,13-14,16,21H,5-7,12H2,1-2H3. The predicted molar refractivity (Wildman–Crippen MR) is 88.2 cm³/mol. The van der Waals surface area contributed by atoms with Gasteiger partial charge in [-0.1, -0.05) is 44.5 Å². The summed E-state index contributed by atoms with van der Waals surface area (Å²) in [5.74, 6) is 0.749. The van der Waals surface area contributed by atoms with Gasteiger partial charge >= 0.3 is 0 Å². The average Bonchev–Trinajstić information content (AvgIpc) is 2.44. The van der Waals surface area contributed by atoms with Crippen LogP contribution in [0.3, 0.4) is 0 Å². The Balaban J connectivity index is 1.88. The number of hydrogen-bond acceptors (Lipinski definition) is 2. The minimum atomic E-state index is 0.496. The molecule has 1 fully saturated rings. The van der Waals surface area contributed by atoms with Crippen molar-refractivity contribution in [3.8, 4) is 11.1 Å². The summed E-state index contributed by atoms with van der Waals surface area (Å²) in [5.41, 5.74) is 5.37. The Kier molecular flexibility index (Phi) is 4.35. The maximum Gasteiger partial charge on any atom is 0.0346 e. The summed E-state index contributed by atoms with van der Waals surface area (Å²) in [6.45, 7) is 5.22. The first-order valence-corrected chi connectivity index (χ1v) is 8.00. The topological polar surface area (TPSA) is 24.9 Å². The molecule has 0 bridgehead atoms. The highest BCUT2D eigenvalue weighted by molar-refractivity contribution is 5.68. The largest absolute Gasteiger partial charge is 0.310 e. The fraction of sp³-hybridized carbons (Fsp3) is 0.421. The van der Waals surface area contributed by atoms with E-state index in [2.05, 4.69) is 54.5 Å². The van der Waals surface area contributed by atoms with Crippen molar-refractivity contribution < 1.29 is 0 Å². The predicted octanol–water partition coefficient (Wildman–Crippen LogP) is 4.51. The SMILES string of the molecule is CC(C)NCc1cncc(-c2ccccc2C2CCC2)c1. The molecule has 0 amide bonds. The van der Waals surface area contributed by atoms with Gasteiger partial charge in [-0.25, -0.2) is 0 Å². The van der Waals surface area contributed by atoms with Gasteiger partial charge < -0.3 is 5.32 Å². The second-order valence-electron chi connectivity index (χ2n) is 6.33. The van der Waals surface area contributed by atoms with E-state index >= 15 is 0 Å². The second-order valence-corrected chi connectivity index (χ2v) is 6.33. The molecule has 0 radical (unpaired) electrons. The van der Waals surface area contributed by atoms with E-state index in [4.69, 9.17) is 0 Å². The van der Waals surface area contributed by atoms with Crippen LogP contribution in [0.15, 0.2) is 42.7 Å². The molecule has 2 nitrogen and oxygen atoms in total. The molecule has 2 heteroatoms. The molecule has 110 valence electrons. The zero-order valence-corrected chi connectivity index (χ0v) is 13.0. The number of benzene rings is 1. The minimum Gasteiger partial charge on any atom is -0.310 e. The summed E-state index contributed by atoms with van der Waals surface area (Å²) in [4.78, 5) is 4.44. The van der Waals surface area contributed by atoms with Crippen LogP contribution in [0.4, 0.5) is 0 Å². The molecular formula is C19H24N2. The van der Waals surface area contributed by atoms with Gasteiger partial charge in [0.05, 0.1) is 0 Å². The number of nitrogens with zero attached hydrogens (tertiary/aromatic N) is 1. The van der Waals surface area contributed by atoms with Gasteiger partial charge in [0.25, 0.3) is 0 Å². The number of hydrogen-bond donors (Lipinski definition) is 1. The highest BCUT2D eigenvalue weighted by Crippen LogP contribution is 2.40. The van der Waals surface area contributed by atoms with Gasteiger partial charge in [-0.2, -0.15) is 0 Å². The number of rotatable bonds is 5. The Morgan fingerprint density at radius 1 is 1.19 bits per heavy atom. The molecule has 0 atom stereocenters. The lowest BCUT2D eigenvalue weighted by Crippen LogP contribution is -2.21. The zero-order valence-electron chi connectivity index (χ0n) is 13.0. The first-order valence-electron chi connectivity index (χ1n) is 8.00. The molecule has 21 heavy (non-hydrogen) atoms. The van der Waals surface area contributed by atoms with Gasteiger partial charge in [0.15, 0.2) is 0 Å². The van der Waals surface area contributed by atoms with Crippen LogP contribution in [-0.4, -0.2) is 11.0 Å². The van der Waals surface area contributed by atoms with Crippen molar-refractivity contribution in [2.24, 2.45) is 0 Å². The number of aromatic nitrogens is 1. The molecule has 1 saturated carbocycles. The Labute approximate surface area is 127 Å². The molecule has 0 spiro atoms. The lowest BCUT2D eigenvalue weighted by molar-refractivity contribution is 0.420. The van der Waals surface area contributed by atoms with Crippen LogP contribution in [0.2, 0.25) is 0 Å². The lowest BCUT2D eigenvalue weighted by atomic mass is 9.77. The van der Waals surface area contributed by atoms with Crippen LogP contribution in [0, 0.1) is 0 Å². The first kappa shape index (κ1) is 14.3. The van der Waals surface area contributed by atoms with Crippen molar-refractivity contribution >= 4 is 0 Å². The summed E-state index contributed by atoms with van der Waals surface area (Å²) < 4.78 is 0. The third-order valence-electron chi connectivity index (χ3n) is 4.33. The maximum atomic E-state index is 4.44. The van der Waals surface area contributed by atoms with E-state index in [0.717, 1.165) is 12.5 Å². The van der Waals surface area contributed by atoms with Crippen LogP contribution in [0.5, 0.6) is 0 Å². The van der Waals surface area contributed by atoms with Crippen molar-refractivity contribution in [3.63, 3.8) is 0 Å². The van der Waals surface area contributed by atoms with Gasteiger partial charge in [0.1, 0.15) is 0 Å². The van der Waals surface area contributed by atoms with Crippen molar-refractivity contribution in [1.29, 1.82) is 0 Å². The van der Waals surface area contributed by atoms with E-state index in [1.165, 1.54) is 41.5 Å². The number of nitrogens with one attached hydrogen (secondary N) is 1. The highest BCUT2D eigenvalue weighted by atomic mass is 14.9. The smallest absolute Gasteiger partial charge is 0.0346 e. The Morgan fingerprint density at radius 2 is 2.00 bits per heavy atom.